The molecule has 1 aromatic carbocycles. The van der Waals surface area contributed by atoms with E-state index in [1.54, 1.807) is 45.9 Å². The lowest BCUT2D eigenvalue weighted by Gasteiger charge is -2.25. The fourth-order valence-corrected chi connectivity index (χ4v) is 6.23. The number of aliphatic hydroxyl groups excluding tert-OH is 1. The third-order valence-corrected chi connectivity index (χ3v) is 9.00. The molecule has 18 heteroatoms. The number of hydrogen-bond acceptors (Lipinski definition) is 13. The largest absolute Gasteiger partial charge is 0.462 e. The van der Waals surface area contributed by atoms with Crippen LogP contribution in [0.3, 0.4) is 0 Å². The summed E-state index contributed by atoms with van der Waals surface area (Å²) in [5.74, 6) is -2.65. The molecule has 1 aliphatic rings. The van der Waals surface area contributed by atoms with E-state index in [2.05, 4.69) is 23.0 Å². The number of hydrogen-bond donors (Lipinski definition) is 4. The Morgan fingerprint density at radius 3 is 2.35 bits per heavy atom. The van der Waals surface area contributed by atoms with Gasteiger partial charge in [0, 0.05) is 24.6 Å². The number of nitrogens with one attached hydrogen (secondary N) is 2. The second-order valence-corrected chi connectivity index (χ2v) is 13.9. The molecule has 2 aromatic rings. The highest BCUT2D eigenvalue weighted by Crippen LogP contribution is 2.46. The Bertz CT molecular complexity index is 1580. The van der Waals surface area contributed by atoms with Crippen LogP contribution in [0.25, 0.3) is 0 Å². The van der Waals surface area contributed by atoms with Gasteiger partial charge in [-0.05, 0) is 39.8 Å². The van der Waals surface area contributed by atoms with Crippen LogP contribution in [-0.2, 0) is 37.7 Å². The number of carbonyl (C=O) groups excluding carboxylic acids is 3. The second kappa shape index (κ2) is 17.3. The van der Waals surface area contributed by atoms with E-state index < -0.39 is 98.0 Å². The molecule has 16 nitrogen and oxygen atoms in total. The summed E-state index contributed by atoms with van der Waals surface area (Å²) in [6.45, 7) is 8.47. The van der Waals surface area contributed by atoms with Gasteiger partial charge in [0.15, 0.2) is 6.23 Å². The maximum absolute atomic E-state index is 13.9. The molecule has 1 aromatic heterocycles. The summed E-state index contributed by atoms with van der Waals surface area (Å²) in [6, 6.07) is 8.07. The molecule has 0 saturated carbocycles. The van der Waals surface area contributed by atoms with Crippen molar-refractivity contribution in [3.8, 4) is 5.75 Å². The minimum Gasteiger partial charge on any atom is -0.462 e. The van der Waals surface area contributed by atoms with E-state index in [0.717, 1.165) is 15.2 Å². The lowest BCUT2D eigenvalue weighted by atomic mass is 10.0. The van der Waals surface area contributed by atoms with Gasteiger partial charge < -0.3 is 29.2 Å². The van der Waals surface area contributed by atoms with Gasteiger partial charge in [-0.1, -0.05) is 32.0 Å². The fraction of sp³-hybridized carbons (Fsp3) is 0.567. The van der Waals surface area contributed by atoms with Gasteiger partial charge in [-0.3, -0.25) is 28.3 Å². The summed E-state index contributed by atoms with van der Waals surface area (Å²) >= 11 is 3.99. The first-order valence-corrected chi connectivity index (χ1v) is 17.4. The third-order valence-electron chi connectivity index (χ3n) is 7.13. The first-order valence-electron chi connectivity index (χ1n) is 15.4. The highest BCUT2D eigenvalue weighted by molar-refractivity contribution is 7.81. The molecule has 0 radical (unpaired) electrons. The molecule has 1 fully saturated rings. The smallest absolute Gasteiger partial charge is 0.459 e. The van der Waals surface area contributed by atoms with E-state index in [-0.39, 0.29) is 12.2 Å². The number of aromatic nitrogens is 2. The summed E-state index contributed by atoms with van der Waals surface area (Å²) in [7, 11) is -4.29. The molecule has 48 heavy (non-hydrogen) atoms. The summed E-state index contributed by atoms with van der Waals surface area (Å²) in [5.41, 5.74) is -1.65. The number of carbonyl (C=O) groups is 3. The van der Waals surface area contributed by atoms with Gasteiger partial charge in [-0.2, -0.15) is 17.7 Å². The van der Waals surface area contributed by atoms with Crippen LogP contribution in [0.15, 0.2) is 52.2 Å². The van der Waals surface area contributed by atoms with Crippen molar-refractivity contribution in [2.45, 2.75) is 90.0 Å². The quantitative estimate of drug-likeness (QED) is 0.112. The Morgan fingerprint density at radius 1 is 1.08 bits per heavy atom. The zero-order valence-corrected chi connectivity index (χ0v) is 29.3. The Labute approximate surface area is 283 Å². The molecular formula is C30H43N4O12PS. The molecule has 2 heterocycles. The van der Waals surface area contributed by atoms with E-state index in [9.17, 15) is 33.6 Å². The van der Waals surface area contributed by atoms with Crippen molar-refractivity contribution in [2.24, 2.45) is 5.92 Å². The minimum absolute atomic E-state index is 0.0365. The maximum Gasteiger partial charge on any atom is 0.459 e. The van der Waals surface area contributed by atoms with E-state index in [1.165, 1.54) is 32.2 Å². The number of benzene rings is 1. The van der Waals surface area contributed by atoms with E-state index in [1.807, 2.05) is 0 Å². The van der Waals surface area contributed by atoms with Crippen LogP contribution < -0.4 is 26.2 Å². The number of amides is 1. The molecule has 3 N–H and O–H groups in total. The van der Waals surface area contributed by atoms with E-state index >= 15 is 0 Å². The Balaban J connectivity index is 1.80. The predicted octanol–water partition coefficient (Wildman–Crippen LogP) is 1.92. The highest BCUT2D eigenvalue weighted by atomic mass is 32.1. The van der Waals surface area contributed by atoms with Gasteiger partial charge in [-0.15, -0.1) is 0 Å². The van der Waals surface area contributed by atoms with Crippen molar-refractivity contribution in [1.82, 2.24) is 19.5 Å². The van der Waals surface area contributed by atoms with Crippen molar-refractivity contribution in [2.75, 3.05) is 13.2 Å². The van der Waals surface area contributed by atoms with Crippen LogP contribution >= 0.6 is 20.4 Å². The topological polar surface area (TPSA) is 203 Å². The van der Waals surface area contributed by atoms with Crippen molar-refractivity contribution in [1.29, 1.82) is 0 Å². The average Bonchev–Trinajstić information content (AvgIpc) is 3.30. The van der Waals surface area contributed by atoms with E-state index in [0.29, 0.717) is 0 Å². The zero-order chi connectivity index (χ0) is 35.8. The summed E-state index contributed by atoms with van der Waals surface area (Å²) in [4.78, 5) is 63.0. The molecule has 1 saturated heterocycles. The predicted molar refractivity (Wildman–Crippen MR) is 175 cm³/mol. The zero-order valence-electron chi connectivity index (χ0n) is 27.5. The number of rotatable bonds is 16. The molecule has 3 rings (SSSR count). The average molecular weight is 715 g/mol. The van der Waals surface area contributed by atoms with Gasteiger partial charge in [0.25, 0.3) is 5.56 Å². The summed E-state index contributed by atoms with van der Waals surface area (Å²) < 4.78 is 43.5. The molecule has 1 amide bonds. The first kappa shape index (κ1) is 39.0. The molecule has 0 spiro atoms. The van der Waals surface area contributed by atoms with Crippen LogP contribution in [0, 0.1) is 5.92 Å². The standard InChI is InChI=1S/C30H43N4O12PS/c1-7-24(45-25(36)15-31-27(38)20(6)48)34-23(35)13-14-33(30(34)40)28-18(4)26(37)22(44-28)16-42-47(41,46-21-11-9-8-10-12-21)32-19(5)29(39)43-17(2)3/h8-14,17-20,22,24,26,28,37,48H,7,15-16H2,1-6H3,(H,31,38)(H,32,41)/t18-,19-,20?,22+,24?,26-,28+,47-/m0/s1. The van der Waals surface area contributed by atoms with Crippen LogP contribution in [0.2, 0.25) is 0 Å². The van der Waals surface area contributed by atoms with Crippen LogP contribution in [0.1, 0.15) is 60.4 Å². The van der Waals surface area contributed by atoms with Gasteiger partial charge in [0.05, 0.1) is 24.1 Å². The van der Waals surface area contributed by atoms with Gasteiger partial charge >= 0.3 is 25.4 Å². The number of aliphatic hydroxyl groups is 1. The first-order chi connectivity index (χ1) is 22.6. The van der Waals surface area contributed by atoms with Gasteiger partial charge in [0.2, 0.25) is 5.91 Å². The molecule has 1 aliphatic heterocycles. The van der Waals surface area contributed by atoms with Gasteiger partial charge in [0.1, 0.15) is 30.7 Å². The van der Waals surface area contributed by atoms with Crippen LogP contribution in [-0.4, -0.2) is 74.8 Å². The highest BCUT2D eigenvalue weighted by Gasteiger charge is 2.44. The van der Waals surface area contributed by atoms with Crippen molar-refractivity contribution in [3.63, 3.8) is 0 Å². The lowest BCUT2D eigenvalue weighted by Crippen LogP contribution is -2.45. The molecule has 266 valence electrons. The van der Waals surface area contributed by atoms with Gasteiger partial charge in [-0.25, -0.2) is 13.9 Å². The third kappa shape index (κ3) is 10.3. The second-order valence-electron chi connectivity index (χ2n) is 11.4. The molecule has 2 unspecified atom stereocenters. The molecule has 0 bridgehead atoms. The minimum atomic E-state index is -4.29. The fourth-order valence-electron chi connectivity index (χ4n) is 4.64. The number of para-hydroxylation sites is 1. The van der Waals surface area contributed by atoms with Crippen LogP contribution in [0.4, 0.5) is 0 Å². The number of nitrogens with zero attached hydrogens (tertiary/aromatic N) is 2. The monoisotopic (exact) mass is 714 g/mol. The van der Waals surface area contributed by atoms with Crippen molar-refractivity contribution in [3.05, 3.63) is 63.4 Å². The van der Waals surface area contributed by atoms with E-state index in [4.69, 9.17) is 23.3 Å². The molecule has 8 atom stereocenters. The molecule has 0 aliphatic carbocycles. The summed E-state index contributed by atoms with van der Waals surface area (Å²) in [6.07, 6.45) is -4.02. The Hall–Kier alpha value is -3.47. The normalized spacial score (nSPS) is 22.3. The molecular weight excluding hydrogens is 671 g/mol. The number of esters is 2. The SMILES string of the molecule is CCC(OC(=O)CNC(=O)C(C)S)n1c(=O)ccn([C@@H]2O[C@H](CO[P@@](=O)(N[C@@H](C)C(=O)OC(C)C)Oc3ccccc3)[C@@H](O)[C@@H]2C)c1=O. The van der Waals surface area contributed by atoms with Crippen molar-refractivity contribution < 1.29 is 47.3 Å². The number of thiol groups is 1. The van der Waals surface area contributed by atoms with Crippen LogP contribution in [0.5, 0.6) is 5.75 Å². The Kier molecular flexibility index (Phi) is 14.0. The maximum atomic E-state index is 13.9. The number of ether oxygens (including phenoxy) is 3. The summed E-state index contributed by atoms with van der Waals surface area (Å²) in [5, 5.41) is 15.3. The Morgan fingerprint density at radius 2 is 1.75 bits per heavy atom. The lowest BCUT2D eigenvalue weighted by molar-refractivity contribution is -0.154. The van der Waals surface area contributed by atoms with Crippen molar-refractivity contribution >= 4 is 38.2 Å².